The van der Waals surface area contributed by atoms with Gasteiger partial charge in [-0.05, 0) is 24.1 Å². The molecule has 0 unspecified atom stereocenters. The van der Waals surface area contributed by atoms with Crippen molar-refractivity contribution in [3.8, 4) is 5.75 Å². The van der Waals surface area contributed by atoms with Gasteiger partial charge in [-0.2, -0.15) is 0 Å². The maximum atomic E-state index is 11.7. The first-order valence-electron chi connectivity index (χ1n) is 5.69. The fourth-order valence-electron chi connectivity index (χ4n) is 1.43. The van der Waals surface area contributed by atoms with Crippen molar-refractivity contribution in [3.63, 3.8) is 0 Å². The molecule has 0 saturated carbocycles. The molecule has 0 spiro atoms. The average molecular weight is 263 g/mol. The summed E-state index contributed by atoms with van der Waals surface area (Å²) in [7, 11) is 1.44. The number of nitrogens with two attached hydrogens (primary N) is 1. The van der Waals surface area contributed by atoms with Gasteiger partial charge >= 0.3 is 0 Å². The molecule has 6 nitrogen and oxygen atoms in total. The number of hydrogen-bond acceptors (Lipinski definition) is 4. The Kier molecular flexibility index (Phi) is 5.08. The number of hydrogen-bond donors (Lipinski definition) is 4. The van der Waals surface area contributed by atoms with Crippen molar-refractivity contribution in [1.29, 1.82) is 0 Å². The zero-order valence-corrected chi connectivity index (χ0v) is 10.6. The number of carbonyl (C=O) groups excluding carboxylic acids is 2. The van der Waals surface area contributed by atoms with Gasteiger partial charge in [0, 0.05) is 7.05 Å². The Hall–Kier alpha value is -2.34. The number of aromatic hydroxyl groups is 1. The van der Waals surface area contributed by atoms with Gasteiger partial charge in [-0.1, -0.05) is 18.7 Å². The first-order chi connectivity index (χ1) is 8.93. The van der Waals surface area contributed by atoms with Crippen LogP contribution in [0.2, 0.25) is 0 Å². The minimum Gasteiger partial charge on any atom is -0.508 e. The van der Waals surface area contributed by atoms with E-state index in [1.807, 2.05) is 0 Å². The molecular weight excluding hydrogens is 246 g/mol. The Morgan fingerprint density at radius 1 is 1.37 bits per heavy atom. The Morgan fingerprint density at radius 3 is 2.47 bits per heavy atom. The summed E-state index contributed by atoms with van der Waals surface area (Å²) in [5, 5.41) is 13.8. The van der Waals surface area contributed by atoms with E-state index < -0.39 is 17.9 Å². The van der Waals surface area contributed by atoms with E-state index in [0.29, 0.717) is 6.42 Å². The van der Waals surface area contributed by atoms with Crippen LogP contribution in [-0.4, -0.2) is 30.0 Å². The van der Waals surface area contributed by atoms with Crippen LogP contribution < -0.4 is 16.4 Å². The summed E-state index contributed by atoms with van der Waals surface area (Å²) in [5.74, 6) is -0.804. The van der Waals surface area contributed by atoms with Crippen molar-refractivity contribution in [2.24, 2.45) is 5.73 Å². The number of phenolic OH excluding ortho intramolecular Hbond substituents is 1. The van der Waals surface area contributed by atoms with Crippen molar-refractivity contribution in [1.82, 2.24) is 10.6 Å². The van der Waals surface area contributed by atoms with Crippen molar-refractivity contribution < 1.29 is 14.7 Å². The number of nitrogens with one attached hydrogen (secondary N) is 2. The molecule has 1 atom stereocenters. The molecule has 0 aliphatic heterocycles. The molecule has 0 bridgehead atoms. The lowest BCUT2D eigenvalue weighted by Gasteiger charge is -2.13. The molecule has 0 aliphatic rings. The summed E-state index contributed by atoms with van der Waals surface area (Å²) < 4.78 is 0. The minimum absolute atomic E-state index is 0.0475. The smallest absolute Gasteiger partial charge is 0.266 e. The molecule has 1 aromatic carbocycles. The second-order valence-electron chi connectivity index (χ2n) is 4.02. The maximum Gasteiger partial charge on any atom is 0.266 e. The topological polar surface area (TPSA) is 104 Å². The molecule has 5 N–H and O–H groups in total. The van der Waals surface area contributed by atoms with E-state index in [4.69, 9.17) is 10.8 Å². The fourth-order valence-corrected chi connectivity index (χ4v) is 1.43. The monoisotopic (exact) mass is 263 g/mol. The Labute approximate surface area is 111 Å². The molecule has 2 amide bonds. The van der Waals surface area contributed by atoms with Crippen molar-refractivity contribution in [2.75, 3.05) is 7.05 Å². The molecule has 102 valence electrons. The maximum absolute atomic E-state index is 11.7. The van der Waals surface area contributed by atoms with E-state index in [1.165, 1.54) is 19.2 Å². The third-order valence-electron chi connectivity index (χ3n) is 2.50. The Bertz CT molecular complexity index is 482. The molecular formula is C13H17N3O3. The number of phenols is 1. The molecule has 0 fully saturated rings. The van der Waals surface area contributed by atoms with E-state index >= 15 is 0 Å². The molecule has 6 heteroatoms. The second kappa shape index (κ2) is 6.55. The first-order valence-corrected chi connectivity index (χ1v) is 5.69. The molecule has 1 aromatic rings. The molecule has 0 saturated heterocycles. The predicted molar refractivity (Wildman–Crippen MR) is 71.1 cm³/mol. The third kappa shape index (κ3) is 4.44. The number of benzene rings is 1. The van der Waals surface area contributed by atoms with Gasteiger partial charge in [-0.25, -0.2) is 0 Å². The van der Waals surface area contributed by atoms with Crippen LogP contribution in [0.1, 0.15) is 5.56 Å². The number of likely N-dealkylation sites (N-methyl/N-ethyl adjacent to an activating group) is 1. The number of rotatable bonds is 5. The summed E-state index contributed by atoms with van der Waals surface area (Å²) in [5.41, 5.74) is 6.49. The highest BCUT2D eigenvalue weighted by molar-refractivity contribution is 5.97. The van der Waals surface area contributed by atoms with Crippen LogP contribution in [0.5, 0.6) is 5.75 Å². The third-order valence-corrected chi connectivity index (χ3v) is 2.50. The highest BCUT2D eigenvalue weighted by atomic mass is 16.3. The summed E-state index contributed by atoms with van der Waals surface area (Å²) in [4.78, 5) is 22.9. The van der Waals surface area contributed by atoms with Gasteiger partial charge in [0.05, 0.1) is 11.7 Å². The zero-order valence-electron chi connectivity index (χ0n) is 10.6. The van der Waals surface area contributed by atoms with Gasteiger partial charge in [0.2, 0.25) is 5.91 Å². The van der Waals surface area contributed by atoms with E-state index in [2.05, 4.69) is 17.2 Å². The largest absolute Gasteiger partial charge is 0.508 e. The highest BCUT2D eigenvalue weighted by Gasteiger charge is 2.16. The van der Waals surface area contributed by atoms with Crippen LogP contribution in [0, 0.1) is 0 Å². The second-order valence-corrected chi connectivity index (χ2v) is 4.02. The standard InChI is InChI=1S/C13H17N3O3/c1-8(12(18)15-2)16-13(19)11(14)7-9-3-5-10(17)6-4-9/h3-6,11,17H,1,7,14H2,2H3,(H,15,18)(H,16,19)/t11-/m0/s1. The lowest BCUT2D eigenvalue weighted by Crippen LogP contribution is -2.43. The number of carbonyl (C=O) groups is 2. The SMILES string of the molecule is C=C(NC(=O)[C@@H](N)Cc1ccc(O)cc1)C(=O)NC. The predicted octanol–water partition coefficient (Wildman–Crippen LogP) is -0.362. The van der Waals surface area contributed by atoms with Crippen molar-refractivity contribution in [3.05, 3.63) is 42.1 Å². The average Bonchev–Trinajstić information content (AvgIpc) is 2.40. The van der Waals surface area contributed by atoms with Crippen LogP contribution in [0.4, 0.5) is 0 Å². The molecule has 19 heavy (non-hydrogen) atoms. The lowest BCUT2D eigenvalue weighted by molar-refractivity contribution is -0.124. The van der Waals surface area contributed by atoms with Crippen molar-refractivity contribution >= 4 is 11.8 Å². The Morgan fingerprint density at radius 2 is 1.95 bits per heavy atom. The van der Waals surface area contributed by atoms with E-state index in [-0.39, 0.29) is 11.4 Å². The van der Waals surface area contributed by atoms with E-state index in [1.54, 1.807) is 12.1 Å². The highest BCUT2D eigenvalue weighted by Crippen LogP contribution is 2.10. The van der Waals surface area contributed by atoms with Gasteiger partial charge in [-0.15, -0.1) is 0 Å². The lowest BCUT2D eigenvalue weighted by atomic mass is 10.1. The van der Waals surface area contributed by atoms with Crippen molar-refractivity contribution in [2.45, 2.75) is 12.5 Å². The molecule has 0 aromatic heterocycles. The molecule has 0 heterocycles. The van der Waals surface area contributed by atoms with Gasteiger partial charge in [0.15, 0.2) is 0 Å². The normalized spacial score (nSPS) is 11.5. The van der Waals surface area contributed by atoms with Crippen LogP contribution in [0.15, 0.2) is 36.5 Å². The van der Waals surface area contributed by atoms with Crippen LogP contribution in [0.3, 0.4) is 0 Å². The minimum atomic E-state index is -0.800. The van der Waals surface area contributed by atoms with Crippen LogP contribution >= 0.6 is 0 Å². The van der Waals surface area contributed by atoms with E-state index in [9.17, 15) is 9.59 Å². The van der Waals surface area contributed by atoms with Crippen LogP contribution in [-0.2, 0) is 16.0 Å². The summed E-state index contributed by atoms with van der Waals surface area (Å²) in [6.07, 6.45) is 0.299. The van der Waals surface area contributed by atoms with Gasteiger partial charge < -0.3 is 21.5 Å². The number of amides is 2. The summed E-state index contributed by atoms with van der Waals surface area (Å²) in [6, 6.07) is 5.59. The van der Waals surface area contributed by atoms with E-state index in [0.717, 1.165) is 5.56 Å². The Balaban J connectivity index is 2.55. The van der Waals surface area contributed by atoms with Gasteiger partial charge in [0.25, 0.3) is 5.91 Å². The molecule has 0 aliphatic carbocycles. The quantitative estimate of drug-likeness (QED) is 0.544. The summed E-state index contributed by atoms with van der Waals surface area (Å²) in [6.45, 7) is 3.43. The summed E-state index contributed by atoms with van der Waals surface area (Å²) >= 11 is 0. The van der Waals surface area contributed by atoms with Gasteiger partial charge in [-0.3, -0.25) is 9.59 Å². The first kappa shape index (κ1) is 14.7. The zero-order chi connectivity index (χ0) is 14.4. The molecule has 0 radical (unpaired) electrons. The van der Waals surface area contributed by atoms with Gasteiger partial charge in [0.1, 0.15) is 5.75 Å². The molecule has 1 rings (SSSR count). The van der Waals surface area contributed by atoms with Crippen LogP contribution in [0.25, 0.3) is 0 Å². The fraction of sp³-hybridized carbons (Fsp3) is 0.231.